The van der Waals surface area contributed by atoms with Crippen LogP contribution in [0.15, 0.2) is 64.2 Å². The Balaban J connectivity index is 1.73. The van der Waals surface area contributed by atoms with E-state index in [2.05, 4.69) is 15.5 Å². The van der Waals surface area contributed by atoms with Gasteiger partial charge in [0.2, 0.25) is 0 Å². The van der Waals surface area contributed by atoms with E-state index in [1.165, 1.54) is 36.7 Å². The number of rotatable bonds is 4. The third-order valence-electron chi connectivity index (χ3n) is 3.44. The number of benzene rings is 1. The summed E-state index contributed by atoms with van der Waals surface area (Å²) in [4.78, 5) is 15.7. The summed E-state index contributed by atoms with van der Waals surface area (Å²) in [6.45, 7) is 0. The van der Waals surface area contributed by atoms with E-state index in [1.807, 2.05) is 0 Å². The molecule has 0 atom stereocenters. The van der Waals surface area contributed by atoms with E-state index in [-0.39, 0.29) is 22.8 Å². The van der Waals surface area contributed by atoms with Crippen LogP contribution in [-0.2, 0) is 6.18 Å². The molecule has 0 aliphatic rings. The molecule has 1 N–H and O–H groups in total. The average molecular weight is 394 g/mol. The molecule has 0 bridgehead atoms. The molecule has 1 amide bonds. The number of nitrogens with zero attached hydrogens (tertiary/aromatic N) is 2. The number of hydrogen-bond acceptors (Lipinski definition) is 4. The van der Waals surface area contributed by atoms with Gasteiger partial charge in [-0.25, -0.2) is 5.43 Å². The fourth-order valence-electron chi connectivity index (χ4n) is 2.18. The number of hydrogen-bond donors (Lipinski definition) is 1. The highest BCUT2D eigenvalue weighted by atomic mass is 35.5. The standard InChI is InChI=1S/C18H11ClF3N3O2/c19-14-6-4-11(9-13(14)18(20,21)22)16-7-5-12(27-16)10-24-25-17(26)15-3-1-2-8-23-15/h1-10H,(H,25,26)/b24-10+. The molecule has 3 aromatic rings. The Kier molecular flexibility index (Phi) is 5.27. The molecule has 3 rings (SSSR count). The van der Waals surface area contributed by atoms with Gasteiger partial charge in [0.15, 0.2) is 0 Å². The molecule has 0 fully saturated rings. The zero-order valence-electron chi connectivity index (χ0n) is 13.5. The molecule has 0 saturated carbocycles. The predicted molar refractivity (Wildman–Crippen MR) is 93.5 cm³/mol. The van der Waals surface area contributed by atoms with Crippen LogP contribution in [-0.4, -0.2) is 17.1 Å². The first kappa shape index (κ1) is 18.7. The minimum Gasteiger partial charge on any atom is -0.455 e. The van der Waals surface area contributed by atoms with Crippen molar-refractivity contribution in [1.29, 1.82) is 0 Å². The maximum absolute atomic E-state index is 13.0. The number of furan rings is 1. The van der Waals surface area contributed by atoms with Gasteiger partial charge in [-0.15, -0.1) is 0 Å². The Morgan fingerprint density at radius 2 is 2.00 bits per heavy atom. The minimum absolute atomic E-state index is 0.190. The third-order valence-corrected chi connectivity index (χ3v) is 3.77. The van der Waals surface area contributed by atoms with Crippen molar-refractivity contribution in [2.75, 3.05) is 0 Å². The lowest BCUT2D eigenvalue weighted by molar-refractivity contribution is -0.137. The summed E-state index contributed by atoms with van der Waals surface area (Å²) in [6.07, 6.45) is -1.87. The molecular formula is C18H11ClF3N3O2. The predicted octanol–water partition coefficient (Wildman–Crippen LogP) is 4.78. The number of alkyl halides is 3. The van der Waals surface area contributed by atoms with Crippen molar-refractivity contribution in [3.63, 3.8) is 0 Å². The zero-order chi connectivity index (χ0) is 19.4. The molecule has 2 aromatic heterocycles. The quantitative estimate of drug-likeness (QED) is 0.512. The topological polar surface area (TPSA) is 67.5 Å². The highest BCUT2D eigenvalue weighted by molar-refractivity contribution is 6.31. The van der Waals surface area contributed by atoms with Gasteiger partial charge in [0.1, 0.15) is 17.2 Å². The van der Waals surface area contributed by atoms with Crippen LogP contribution in [0.2, 0.25) is 5.02 Å². The van der Waals surface area contributed by atoms with Crippen LogP contribution in [0.1, 0.15) is 21.8 Å². The summed E-state index contributed by atoms with van der Waals surface area (Å²) in [6, 6.07) is 11.3. The fraction of sp³-hybridized carbons (Fsp3) is 0.0556. The number of pyridine rings is 1. The summed E-state index contributed by atoms with van der Waals surface area (Å²) in [5.74, 6) is -0.0596. The van der Waals surface area contributed by atoms with Crippen LogP contribution in [0.5, 0.6) is 0 Å². The zero-order valence-corrected chi connectivity index (χ0v) is 14.3. The van der Waals surface area contributed by atoms with Gasteiger partial charge in [-0.05, 0) is 42.5 Å². The van der Waals surface area contributed by atoms with Gasteiger partial charge >= 0.3 is 6.18 Å². The van der Waals surface area contributed by atoms with Crippen LogP contribution < -0.4 is 5.43 Å². The first-order valence-electron chi connectivity index (χ1n) is 7.56. The molecule has 5 nitrogen and oxygen atoms in total. The number of carbonyl (C=O) groups is 1. The number of carbonyl (C=O) groups excluding carboxylic acids is 1. The maximum Gasteiger partial charge on any atom is 0.417 e. The Bertz CT molecular complexity index is 985. The molecule has 0 aliphatic carbocycles. The summed E-state index contributed by atoms with van der Waals surface area (Å²) in [7, 11) is 0. The molecule has 0 radical (unpaired) electrons. The first-order chi connectivity index (χ1) is 12.8. The molecule has 0 spiro atoms. The van der Waals surface area contributed by atoms with Crippen LogP contribution in [0.25, 0.3) is 11.3 Å². The van der Waals surface area contributed by atoms with Crippen LogP contribution >= 0.6 is 11.6 Å². The molecule has 1 aromatic carbocycles. The van der Waals surface area contributed by atoms with Crippen molar-refractivity contribution >= 4 is 23.7 Å². The second-order valence-corrected chi connectivity index (χ2v) is 5.72. The van der Waals surface area contributed by atoms with Crippen molar-refractivity contribution in [2.24, 2.45) is 5.10 Å². The molecule has 2 heterocycles. The number of nitrogens with one attached hydrogen (secondary N) is 1. The van der Waals surface area contributed by atoms with E-state index < -0.39 is 22.7 Å². The number of aromatic nitrogens is 1. The lowest BCUT2D eigenvalue weighted by Gasteiger charge is -2.09. The van der Waals surface area contributed by atoms with Crippen LogP contribution in [0.4, 0.5) is 13.2 Å². The molecule has 9 heteroatoms. The van der Waals surface area contributed by atoms with Gasteiger partial charge < -0.3 is 4.42 Å². The molecular weight excluding hydrogens is 383 g/mol. The van der Waals surface area contributed by atoms with Crippen molar-refractivity contribution in [1.82, 2.24) is 10.4 Å². The Morgan fingerprint density at radius 3 is 2.70 bits per heavy atom. The maximum atomic E-state index is 13.0. The number of halogens is 4. The molecule has 138 valence electrons. The molecule has 0 aliphatic heterocycles. The van der Waals surface area contributed by atoms with Gasteiger partial charge in [-0.1, -0.05) is 17.7 Å². The third kappa shape index (κ3) is 4.53. The fourth-order valence-corrected chi connectivity index (χ4v) is 2.41. The number of amides is 1. The Hall–Kier alpha value is -3.13. The van der Waals surface area contributed by atoms with Crippen molar-refractivity contribution < 1.29 is 22.4 Å². The highest BCUT2D eigenvalue weighted by Gasteiger charge is 2.33. The Labute approximate surface area is 156 Å². The molecule has 27 heavy (non-hydrogen) atoms. The largest absolute Gasteiger partial charge is 0.455 e. The smallest absolute Gasteiger partial charge is 0.417 e. The van der Waals surface area contributed by atoms with Gasteiger partial charge in [0, 0.05) is 11.8 Å². The van der Waals surface area contributed by atoms with Crippen molar-refractivity contribution in [2.45, 2.75) is 6.18 Å². The average Bonchev–Trinajstić information content (AvgIpc) is 3.10. The van der Waals surface area contributed by atoms with E-state index in [9.17, 15) is 18.0 Å². The molecule has 0 saturated heterocycles. The summed E-state index contributed by atoms with van der Waals surface area (Å²) < 4.78 is 44.3. The second kappa shape index (κ2) is 7.63. The lowest BCUT2D eigenvalue weighted by atomic mass is 10.1. The van der Waals surface area contributed by atoms with Crippen LogP contribution in [0.3, 0.4) is 0 Å². The minimum atomic E-state index is -4.57. The second-order valence-electron chi connectivity index (χ2n) is 5.31. The van der Waals surface area contributed by atoms with Gasteiger partial charge in [0.25, 0.3) is 5.91 Å². The summed E-state index contributed by atoms with van der Waals surface area (Å²) in [5, 5.41) is 3.34. The Morgan fingerprint density at radius 1 is 1.19 bits per heavy atom. The highest BCUT2D eigenvalue weighted by Crippen LogP contribution is 2.37. The van der Waals surface area contributed by atoms with Crippen molar-refractivity contribution in [3.05, 3.63) is 76.8 Å². The molecule has 0 unspecified atom stereocenters. The van der Waals surface area contributed by atoms with E-state index in [0.29, 0.717) is 0 Å². The van der Waals surface area contributed by atoms with Crippen molar-refractivity contribution in [3.8, 4) is 11.3 Å². The first-order valence-corrected chi connectivity index (χ1v) is 7.94. The van der Waals surface area contributed by atoms with E-state index in [0.717, 1.165) is 12.1 Å². The number of hydrazone groups is 1. The summed E-state index contributed by atoms with van der Waals surface area (Å²) >= 11 is 5.61. The summed E-state index contributed by atoms with van der Waals surface area (Å²) in [5.41, 5.74) is 1.73. The van der Waals surface area contributed by atoms with Crippen LogP contribution in [0, 0.1) is 0 Å². The van der Waals surface area contributed by atoms with E-state index >= 15 is 0 Å². The normalized spacial score (nSPS) is 11.7. The van der Waals surface area contributed by atoms with Gasteiger partial charge in [-0.2, -0.15) is 18.3 Å². The van der Waals surface area contributed by atoms with E-state index in [4.69, 9.17) is 16.0 Å². The van der Waals surface area contributed by atoms with Gasteiger partial charge in [0.05, 0.1) is 16.8 Å². The SMILES string of the molecule is O=C(N/N=C/c1ccc(-c2ccc(Cl)c(C(F)(F)F)c2)o1)c1ccccn1. The lowest BCUT2D eigenvalue weighted by Crippen LogP contribution is -2.18. The monoisotopic (exact) mass is 393 g/mol. The van der Waals surface area contributed by atoms with E-state index in [1.54, 1.807) is 12.1 Å². The van der Waals surface area contributed by atoms with Gasteiger partial charge in [-0.3, -0.25) is 9.78 Å².